The number of nitrogens with one attached hydrogen (secondary N) is 1. The first-order chi connectivity index (χ1) is 10.6. The lowest BCUT2D eigenvalue weighted by atomic mass is 10.1. The number of ether oxygens (including phenoxy) is 2. The minimum atomic E-state index is -1.44. The topological polar surface area (TPSA) is 64.6 Å². The van der Waals surface area contributed by atoms with E-state index >= 15 is 0 Å². The number of hydrogen-bond acceptors (Lipinski definition) is 4. The van der Waals surface area contributed by atoms with Crippen molar-refractivity contribution in [2.45, 2.75) is 11.8 Å². The van der Waals surface area contributed by atoms with Crippen LogP contribution in [0.4, 0.5) is 5.69 Å². The van der Waals surface area contributed by atoms with Crippen LogP contribution in [0.1, 0.15) is 15.9 Å². The summed E-state index contributed by atoms with van der Waals surface area (Å²) in [6, 6.07) is 12.2. The van der Waals surface area contributed by atoms with Gasteiger partial charge in [-0.05, 0) is 48.9 Å². The van der Waals surface area contributed by atoms with Gasteiger partial charge in [0.25, 0.3) is 0 Å². The Labute approximate surface area is 131 Å². The first-order valence-corrected chi connectivity index (χ1v) is 7.75. The molecule has 0 heterocycles. The van der Waals surface area contributed by atoms with E-state index in [4.69, 9.17) is 9.47 Å². The molecule has 6 heteroatoms. The minimum Gasteiger partial charge on any atom is -0.468 e. The third-order valence-electron chi connectivity index (χ3n) is 3.00. The van der Waals surface area contributed by atoms with Gasteiger partial charge in [0.1, 0.15) is 23.0 Å². The highest BCUT2D eigenvalue weighted by molar-refractivity contribution is 7.86. The molecular formula is C16H17NO4S. The summed E-state index contributed by atoms with van der Waals surface area (Å²) in [6.07, 6.45) is 0.762. The molecule has 22 heavy (non-hydrogen) atoms. The Morgan fingerprint density at radius 3 is 2.55 bits per heavy atom. The van der Waals surface area contributed by atoms with Gasteiger partial charge in [-0.3, -0.25) is 4.79 Å². The lowest BCUT2D eigenvalue weighted by Crippen LogP contribution is -2.06. The third kappa shape index (κ3) is 4.16. The molecule has 1 unspecified atom stereocenters. The predicted octanol–water partition coefficient (Wildman–Crippen LogP) is 2.92. The molecule has 0 saturated carbocycles. The Morgan fingerprint density at radius 2 is 1.91 bits per heavy atom. The Morgan fingerprint density at radius 1 is 1.18 bits per heavy atom. The number of benzene rings is 2. The summed E-state index contributed by atoms with van der Waals surface area (Å²) in [5.41, 5.74) is 2.09. The minimum absolute atomic E-state index is 0.177. The highest BCUT2D eigenvalue weighted by Crippen LogP contribution is 2.19. The summed E-state index contributed by atoms with van der Waals surface area (Å²) in [6.45, 7) is 2.01. The lowest BCUT2D eigenvalue weighted by molar-refractivity contribution is 0.0511. The van der Waals surface area contributed by atoms with Crippen LogP contribution in [0.2, 0.25) is 0 Å². The van der Waals surface area contributed by atoms with Gasteiger partial charge in [-0.25, -0.2) is 4.21 Å². The number of hydrogen-bond donors (Lipinski definition) is 1. The number of aryl methyl sites for hydroxylation is 1. The second-order valence-corrected chi connectivity index (χ2v) is 5.80. The molecule has 0 aliphatic carbocycles. The normalized spacial score (nSPS) is 11.7. The number of carbonyl (C=O) groups excluding carboxylic acids is 1. The highest BCUT2D eigenvalue weighted by atomic mass is 32.2. The Bertz CT molecular complexity index is 670. The van der Waals surface area contributed by atoms with E-state index in [1.165, 1.54) is 0 Å². The fourth-order valence-electron chi connectivity index (χ4n) is 1.77. The van der Waals surface area contributed by atoms with Crippen molar-refractivity contribution in [2.75, 3.05) is 18.6 Å². The molecule has 2 aromatic carbocycles. The summed E-state index contributed by atoms with van der Waals surface area (Å²) >= 11 is 0. The molecule has 0 spiro atoms. The van der Waals surface area contributed by atoms with E-state index in [1.807, 2.05) is 6.92 Å². The molecule has 0 radical (unpaired) electrons. The van der Waals surface area contributed by atoms with Gasteiger partial charge in [-0.1, -0.05) is 6.07 Å². The number of aldehydes is 1. The molecule has 2 aromatic rings. The van der Waals surface area contributed by atoms with Gasteiger partial charge in [0, 0.05) is 18.4 Å². The summed E-state index contributed by atoms with van der Waals surface area (Å²) in [7, 11) is 0.109. The quantitative estimate of drug-likeness (QED) is 0.629. The summed E-state index contributed by atoms with van der Waals surface area (Å²) in [5, 5.41) is 0. The van der Waals surface area contributed by atoms with Gasteiger partial charge in [0.05, 0.1) is 4.90 Å². The summed E-state index contributed by atoms with van der Waals surface area (Å²) < 4.78 is 25.3. The van der Waals surface area contributed by atoms with E-state index in [1.54, 1.807) is 49.6 Å². The fraction of sp³-hybridized carbons (Fsp3) is 0.188. The number of rotatable bonds is 7. The van der Waals surface area contributed by atoms with E-state index in [9.17, 15) is 9.00 Å². The van der Waals surface area contributed by atoms with Crippen molar-refractivity contribution in [1.29, 1.82) is 0 Å². The number of anilines is 1. The molecule has 5 nitrogen and oxygen atoms in total. The van der Waals surface area contributed by atoms with Crippen molar-refractivity contribution in [3.8, 4) is 5.75 Å². The van der Waals surface area contributed by atoms with Gasteiger partial charge in [0.2, 0.25) is 0 Å². The van der Waals surface area contributed by atoms with E-state index < -0.39 is 11.0 Å². The second kappa shape index (κ2) is 7.72. The van der Waals surface area contributed by atoms with Crippen LogP contribution in [0.3, 0.4) is 0 Å². The van der Waals surface area contributed by atoms with Gasteiger partial charge >= 0.3 is 0 Å². The predicted molar refractivity (Wildman–Crippen MR) is 85.5 cm³/mol. The van der Waals surface area contributed by atoms with Crippen LogP contribution in [0.5, 0.6) is 5.75 Å². The Hall–Kier alpha value is -2.18. The fourth-order valence-corrected chi connectivity index (χ4v) is 2.67. The molecule has 2 rings (SSSR count). The monoisotopic (exact) mass is 319 g/mol. The first kappa shape index (κ1) is 16.2. The van der Waals surface area contributed by atoms with Crippen molar-refractivity contribution in [3.05, 3.63) is 53.6 Å². The van der Waals surface area contributed by atoms with Crippen LogP contribution in [-0.2, 0) is 15.7 Å². The Balaban J connectivity index is 2.06. The zero-order valence-electron chi connectivity index (χ0n) is 12.4. The van der Waals surface area contributed by atoms with Crippen molar-refractivity contribution in [2.24, 2.45) is 0 Å². The van der Waals surface area contributed by atoms with Crippen LogP contribution in [0.15, 0.2) is 47.4 Å². The SMILES string of the molecule is COCOc1ccc(NS(=O)c2ccc(C)c(C=O)c2)cc1. The highest BCUT2D eigenvalue weighted by Gasteiger charge is 2.07. The molecule has 0 aliphatic rings. The molecule has 0 aromatic heterocycles. The van der Waals surface area contributed by atoms with Gasteiger partial charge in [0.15, 0.2) is 6.79 Å². The molecule has 116 valence electrons. The summed E-state index contributed by atoms with van der Waals surface area (Å²) in [5.74, 6) is 0.664. The van der Waals surface area contributed by atoms with Crippen molar-refractivity contribution < 1.29 is 18.5 Å². The van der Waals surface area contributed by atoms with Crippen LogP contribution in [0, 0.1) is 6.92 Å². The number of methoxy groups -OCH3 is 1. The van der Waals surface area contributed by atoms with Crippen LogP contribution >= 0.6 is 0 Å². The zero-order valence-corrected chi connectivity index (χ0v) is 13.2. The van der Waals surface area contributed by atoms with Crippen LogP contribution < -0.4 is 9.46 Å². The van der Waals surface area contributed by atoms with E-state index in [-0.39, 0.29) is 6.79 Å². The standard InChI is InChI=1S/C16H17NO4S/c1-12-3-8-16(9-13(12)10-18)22(19)17-14-4-6-15(7-5-14)21-11-20-2/h3-10,17H,11H2,1-2H3. The zero-order chi connectivity index (χ0) is 15.9. The van der Waals surface area contributed by atoms with E-state index in [2.05, 4.69) is 4.72 Å². The van der Waals surface area contributed by atoms with Gasteiger partial charge in [-0.2, -0.15) is 0 Å². The maximum atomic E-state index is 12.3. The maximum absolute atomic E-state index is 12.3. The van der Waals surface area contributed by atoms with Gasteiger partial charge in [-0.15, -0.1) is 0 Å². The summed E-state index contributed by atoms with van der Waals surface area (Å²) in [4.78, 5) is 11.5. The smallest absolute Gasteiger partial charge is 0.188 e. The first-order valence-electron chi connectivity index (χ1n) is 6.60. The molecule has 0 aliphatic heterocycles. The van der Waals surface area contributed by atoms with E-state index in [0.29, 0.717) is 21.9 Å². The molecule has 1 atom stereocenters. The molecular weight excluding hydrogens is 302 g/mol. The Kier molecular flexibility index (Phi) is 5.68. The molecule has 0 amide bonds. The van der Waals surface area contributed by atoms with Crippen LogP contribution in [-0.4, -0.2) is 24.4 Å². The molecule has 0 fully saturated rings. The van der Waals surface area contributed by atoms with Crippen molar-refractivity contribution in [3.63, 3.8) is 0 Å². The van der Waals surface area contributed by atoms with Crippen molar-refractivity contribution in [1.82, 2.24) is 0 Å². The molecule has 0 bridgehead atoms. The second-order valence-electron chi connectivity index (χ2n) is 4.58. The molecule has 0 saturated heterocycles. The average Bonchev–Trinajstić information content (AvgIpc) is 2.54. The average molecular weight is 319 g/mol. The maximum Gasteiger partial charge on any atom is 0.188 e. The van der Waals surface area contributed by atoms with Crippen LogP contribution in [0.25, 0.3) is 0 Å². The van der Waals surface area contributed by atoms with E-state index in [0.717, 1.165) is 11.8 Å². The lowest BCUT2D eigenvalue weighted by Gasteiger charge is -2.09. The van der Waals surface area contributed by atoms with Gasteiger partial charge < -0.3 is 14.2 Å². The molecule has 1 N–H and O–H groups in total. The largest absolute Gasteiger partial charge is 0.468 e. The van der Waals surface area contributed by atoms with Crippen molar-refractivity contribution >= 4 is 23.0 Å². The third-order valence-corrected chi connectivity index (χ3v) is 4.10. The number of carbonyl (C=O) groups is 1.